The highest BCUT2D eigenvalue weighted by Gasteiger charge is 2.15. The van der Waals surface area contributed by atoms with Crippen LogP contribution in [0.4, 0.5) is 8.78 Å². The van der Waals surface area contributed by atoms with Crippen LogP contribution in [0.25, 0.3) is 11.1 Å². The summed E-state index contributed by atoms with van der Waals surface area (Å²) in [6.07, 6.45) is 4.53. The van der Waals surface area contributed by atoms with Crippen molar-refractivity contribution in [1.29, 1.82) is 0 Å². The Morgan fingerprint density at radius 3 is 2.08 bits per heavy atom. The highest BCUT2D eigenvalue weighted by atomic mass is 19.1. The lowest BCUT2D eigenvalue weighted by atomic mass is 10.0. The number of halogens is 2. The summed E-state index contributed by atoms with van der Waals surface area (Å²) in [5, 5.41) is 0. The molecule has 0 aromatic heterocycles. The monoisotopic (exact) mass is 538 g/mol. The van der Waals surface area contributed by atoms with Crippen LogP contribution in [0.3, 0.4) is 0 Å². The summed E-state index contributed by atoms with van der Waals surface area (Å²) in [7, 11) is 1.47. The molecule has 1 aliphatic rings. The fourth-order valence-corrected chi connectivity index (χ4v) is 4.42. The minimum atomic E-state index is -0.982. The Labute approximate surface area is 228 Å². The van der Waals surface area contributed by atoms with E-state index in [0.717, 1.165) is 36.1 Å². The molecular formula is C31H36F2N2O4. The molecule has 8 heteroatoms. The van der Waals surface area contributed by atoms with Crippen LogP contribution < -0.4 is 15.2 Å². The molecule has 1 amide bonds. The maximum atomic E-state index is 14.1. The van der Waals surface area contributed by atoms with Crippen LogP contribution in [0.5, 0.6) is 11.5 Å². The number of nitrogens with zero attached hydrogens (tertiary/aromatic N) is 1. The lowest BCUT2D eigenvalue weighted by Crippen LogP contribution is -2.22. The van der Waals surface area contributed by atoms with E-state index in [1.807, 2.05) is 19.9 Å². The number of likely N-dealkylation sites (tertiary alicyclic amines) is 1. The minimum absolute atomic E-state index is 0.00171. The standard InChI is InChI=1S/C17H26FNO2.C14H10FNO2/c1-13(2)21-16-12-14(11-15(18)17(16)20-3)7-6-10-19-8-4-5-9-19;15-12-7-5-10(6-8-12)9-1-3-11(4-2-9)13(17)14(16)18/h11-13H,4-10H2,1-3H3;1-8H,(H2,16,18). The molecule has 0 aliphatic carbocycles. The van der Waals surface area contributed by atoms with Gasteiger partial charge >= 0.3 is 0 Å². The molecule has 208 valence electrons. The molecule has 3 aromatic rings. The van der Waals surface area contributed by atoms with E-state index >= 15 is 0 Å². The molecule has 3 aromatic carbocycles. The smallest absolute Gasteiger partial charge is 0.289 e. The van der Waals surface area contributed by atoms with Gasteiger partial charge in [0.2, 0.25) is 5.78 Å². The molecule has 0 atom stereocenters. The summed E-state index contributed by atoms with van der Waals surface area (Å²) in [6, 6.07) is 15.9. The number of carbonyl (C=O) groups excluding carboxylic acids is 2. The zero-order chi connectivity index (χ0) is 28.4. The van der Waals surface area contributed by atoms with Crippen molar-refractivity contribution in [3.63, 3.8) is 0 Å². The van der Waals surface area contributed by atoms with Gasteiger partial charge in [-0.1, -0.05) is 36.4 Å². The number of aryl methyl sites for hydroxylation is 1. The summed E-state index contributed by atoms with van der Waals surface area (Å²) in [5.74, 6) is -1.65. The second-order valence-electron chi connectivity index (χ2n) is 9.71. The van der Waals surface area contributed by atoms with Gasteiger partial charge in [-0.25, -0.2) is 8.78 Å². The van der Waals surface area contributed by atoms with Crippen molar-refractivity contribution in [2.24, 2.45) is 5.73 Å². The Hall–Kier alpha value is -3.78. The number of ether oxygens (including phenoxy) is 2. The van der Waals surface area contributed by atoms with Crippen LogP contribution in [0.2, 0.25) is 0 Å². The zero-order valence-corrected chi connectivity index (χ0v) is 22.7. The van der Waals surface area contributed by atoms with Crippen LogP contribution in [-0.2, 0) is 11.2 Å². The van der Waals surface area contributed by atoms with Gasteiger partial charge in [-0.3, -0.25) is 9.59 Å². The molecule has 6 nitrogen and oxygen atoms in total. The number of hydrogen-bond donors (Lipinski definition) is 1. The normalized spacial score (nSPS) is 13.1. The number of Topliss-reactive ketones (excluding diaryl/α,β-unsaturated/α-hetero) is 1. The van der Waals surface area contributed by atoms with Crippen LogP contribution in [0.15, 0.2) is 60.7 Å². The number of amides is 1. The Bertz CT molecular complexity index is 1240. The van der Waals surface area contributed by atoms with E-state index in [9.17, 15) is 18.4 Å². The van der Waals surface area contributed by atoms with Gasteiger partial charge in [0.25, 0.3) is 5.91 Å². The average Bonchev–Trinajstić information content (AvgIpc) is 3.42. The highest BCUT2D eigenvalue weighted by Crippen LogP contribution is 2.33. The van der Waals surface area contributed by atoms with Crippen molar-refractivity contribution in [2.45, 2.75) is 45.6 Å². The molecular weight excluding hydrogens is 502 g/mol. The van der Waals surface area contributed by atoms with Crippen molar-refractivity contribution >= 4 is 11.7 Å². The van der Waals surface area contributed by atoms with Crippen LogP contribution in [0, 0.1) is 11.6 Å². The molecule has 1 saturated heterocycles. The van der Waals surface area contributed by atoms with Gasteiger partial charge in [0, 0.05) is 5.56 Å². The van der Waals surface area contributed by atoms with E-state index in [1.54, 1.807) is 30.3 Å². The first-order valence-electron chi connectivity index (χ1n) is 13.1. The third kappa shape index (κ3) is 8.89. The van der Waals surface area contributed by atoms with E-state index in [1.165, 1.54) is 57.3 Å². The maximum Gasteiger partial charge on any atom is 0.289 e. The van der Waals surface area contributed by atoms with Gasteiger partial charge in [-0.15, -0.1) is 0 Å². The zero-order valence-electron chi connectivity index (χ0n) is 22.7. The number of primary amides is 1. The number of methoxy groups -OCH3 is 1. The topological polar surface area (TPSA) is 81.9 Å². The van der Waals surface area contributed by atoms with Gasteiger partial charge in [0.15, 0.2) is 17.3 Å². The SMILES string of the molecule is COc1c(F)cc(CCCN2CCCC2)cc1OC(C)C.NC(=O)C(=O)c1ccc(-c2ccc(F)cc2)cc1. The fourth-order valence-electron chi connectivity index (χ4n) is 4.42. The fraction of sp³-hybridized carbons (Fsp3) is 0.355. The van der Waals surface area contributed by atoms with Crippen LogP contribution >= 0.6 is 0 Å². The summed E-state index contributed by atoms with van der Waals surface area (Å²) in [6.45, 7) is 7.36. The molecule has 1 aliphatic heterocycles. The average molecular weight is 539 g/mol. The van der Waals surface area contributed by atoms with E-state index < -0.39 is 11.7 Å². The van der Waals surface area contributed by atoms with Crippen LogP contribution in [-0.4, -0.2) is 49.4 Å². The molecule has 0 bridgehead atoms. The number of nitrogens with two attached hydrogens (primary N) is 1. The van der Waals surface area contributed by atoms with E-state index in [4.69, 9.17) is 15.2 Å². The van der Waals surface area contributed by atoms with Gasteiger partial charge in [0.05, 0.1) is 13.2 Å². The molecule has 4 rings (SSSR count). The van der Waals surface area contributed by atoms with Crippen molar-refractivity contribution in [1.82, 2.24) is 4.90 Å². The number of benzene rings is 3. The largest absolute Gasteiger partial charge is 0.490 e. The first kappa shape index (κ1) is 29.8. The maximum absolute atomic E-state index is 14.1. The summed E-state index contributed by atoms with van der Waals surface area (Å²) < 4.78 is 37.6. The Morgan fingerprint density at radius 1 is 0.949 bits per heavy atom. The minimum Gasteiger partial charge on any atom is -0.490 e. The van der Waals surface area contributed by atoms with Gasteiger partial charge in [-0.2, -0.15) is 0 Å². The molecule has 0 spiro atoms. The summed E-state index contributed by atoms with van der Waals surface area (Å²) in [5.41, 5.74) is 7.78. The van der Waals surface area contributed by atoms with Gasteiger partial charge < -0.3 is 20.1 Å². The number of ketones is 1. The van der Waals surface area contributed by atoms with Crippen molar-refractivity contribution in [3.05, 3.63) is 83.4 Å². The number of hydrogen-bond acceptors (Lipinski definition) is 5. The molecule has 2 N–H and O–H groups in total. The van der Waals surface area contributed by atoms with Crippen LogP contribution in [0.1, 0.15) is 49.0 Å². The molecule has 0 unspecified atom stereocenters. The predicted octanol–water partition coefficient (Wildman–Crippen LogP) is 5.81. The van der Waals surface area contributed by atoms with E-state index in [-0.39, 0.29) is 29.1 Å². The van der Waals surface area contributed by atoms with Gasteiger partial charge in [0.1, 0.15) is 5.82 Å². The molecule has 0 saturated carbocycles. The Balaban J connectivity index is 0.000000218. The summed E-state index contributed by atoms with van der Waals surface area (Å²) >= 11 is 0. The summed E-state index contributed by atoms with van der Waals surface area (Å²) in [4.78, 5) is 24.5. The Kier molecular flexibility index (Phi) is 11.0. The number of carbonyl (C=O) groups is 2. The lowest BCUT2D eigenvalue weighted by molar-refractivity contribution is -0.114. The third-order valence-electron chi connectivity index (χ3n) is 6.32. The first-order chi connectivity index (χ1) is 18.7. The molecule has 0 radical (unpaired) electrons. The van der Waals surface area contributed by atoms with Gasteiger partial charge in [-0.05, 0) is 100 Å². The second-order valence-corrected chi connectivity index (χ2v) is 9.71. The number of rotatable bonds is 10. The second kappa shape index (κ2) is 14.4. The first-order valence-corrected chi connectivity index (χ1v) is 13.1. The van der Waals surface area contributed by atoms with Crippen molar-refractivity contribution in [3.8, 4) is 22.6 Å². The molecule has 39 heavy (non-hydrogen) atoms. The third-order valence-corrected chi connectivity index (χ3v) is 6.32. The van der Waals surface area contributed by atoms with Crippen molar-refractivity contribution < 1.29 is 27.8 Å². The molecule has 1 heterocycles. The van der Waals surface area contributed by atoms with Crippen molar-refractivity contribution in [2.75, 3.05) is 26.7 Å². The lowest BCUT2D eigenvalue weighted by Gasteiger charge is -2.17. The highest BCUT2D eigenvalue weighted by molar-refractivity contribution is 6.42. The molecule has 1 fully saturated rings. The van der Waals surface area contributed by atoms with E-state index in [0.29, 0.717) is 5.75 Å². The predicted molar refractivity (Wildman–Crippen MR) is 148 cm³/mol. The van der Waals surface area contributed by atoms with E-state index in [2.05, 4.69) is 4.90 Å². The Morgan fingerprint density at radius 2 is 1.54 bits per heavy atom. The quantitative estimate of drug-likeness (QED) is 0.260.